The second-order valence-corrected chi connectivity index (χ2v) is 6.63. The molecule has 7 nitrogen and oxygen atoms in total. The molecule has 0 aliphatic carbocycles. The number of rotatable bonds is 4. The molecule has 0 spiro atoms. The van der Waals surface area contributed by atoms with Crippen LogP contribution in [0.25, 0.3) is 27.8 Å². The lowest BCUT2D eigenvalue weighted by Crippen LogP contribution is -2.10. The zero-order valence-electron chi connectivity index (χ0n) is 15.3. The number of hydrogen-bond acceptors (Lipinski definition) is 5. The Morgan fingerprint density at radius 1 is 1.03 bits per heavy atom. The van der Waals surface area contributed by atoms with Crippen LogP contribution in [0.5, 0.6) is 0 Å². The third kappa shape index (κ3) is 2.96. The van der Waals surface area contributed by atoms with Crippen molar-refractivity contribution in [1.29, 1.82) is 0 Å². The molecule has 0 radical (unpaired) electrons. The fourth-order valence-electron chi connectivity index (χ4n) is 3.38. The lowest BCUT2D eigenvalue weighted by atomic mass is 10.1. The number of aromatic amines is 1. The number of benzene rings is 2. The quantitative estimate of drug-likeness (QED) is 0.481. The Hall–Kier alpha value is -3.88. The Balaban J connectivity index is 1.62. The summed E-state index contributed by atoms with van der Waals surface area (Å²) in [5.41, 5.74) is 2.97. The van der Waals surface area contributed by atoms with Crippen LogP contribution in [0, 0.1) is 11.6 Å². The first-order chi connectivity index (χ1) is 14.1. The number of imidazole rings is 1. The van der Waals surface area contributed by atoms with Gasteiger partial charge in [-0.05, 0) is 37.3 Å². The minimum atomic E-state index is -0.391. The van der Waals surface area contributed by atoms with Gasteiger partial charge in [-0.25, -0.2) is 28.4 Å². The molecule has 0 aliphatic heterocycles. The highest BCUT2D eigenvalue weighted by molar-refractivity contribution is 5.85. The highest BCUT2D eigenvalue weighted by Gasteiger charge is 2.19. The van der Waals surface area contributed by atoms with Crippen LogP contribution in [-0.4, -0.2) is 29.7 Å². The second-order valence-electron chi connectivity index (χ2n) is 6.63. The van der Waals surface area contributed by atoms with Crippen LogP contribution in [0.1, 0.15) is 18.7 Å². The molecule has 5 aromatic rings. The van der Waals surface area contributed by atoms with Crippen molar-refractivity contribution < 1.29 is 8.78 Å². The van der Waals surface area contributed by atoms with Gasteiger partial charge in [-0.1, -0.05) is 6.07 Å². The van der Waals surface area contributed by atoms with Crippen molar-refractivity contribution in [2.24, 2.45) is 0 Å². The van der Waals surface area contributed by atoms with Crippen LogP contribution in [0.3, 0.4) is 0 Å². The zero-order chi connectivity index (χ0) is 20.0. The Morgan fingerprint density at radius 3 is 2.76 bits per heavy atom. The summed E-state index contributed by atoms with van der Waals surface area (Å²) in [6.07, 6.45) is 2.98. The highest BCUT2D eigenvalue weighted by Crippen LogP contribution is 2.29. The highest BCUT2D eigenvalue weighted by atomic mass is 19.1. The van der Waals surface area contributed by atoms with E-state index in [-0.39, 0.29) is 6.04 Å². The van der Waals surface area contributed by atoms with E-state index in [4.69, 9.17) is 0 Å². The maximum atomic E-state index is 13.9. The lowest BCUT2D eigenvalue weighted by molar-refractivity contribution is 0.625. The number of nitrogens with one attached hydrogen (secondary N) is 2. The molecule has 2 aromatic carbocycles. The van der Waals surface area contributed by atoms with Crippen molar-refractivity contribution in [3.8, 4) is 5.69 Å². The third-order valence-corrected chi connectivity index (χ3v) is 4.71. The smallest absolute Gasteiger partial charge is 0.182 e. The lowest BCUT2D eigenvalue weighted by Gasteiger charge is -2.13. The minimum Gasteiger partial charge on any atom is -0.360 e. The van der Waals surface area contributed by atoms with E-state index in [0.717, 1.165) is 5.39 Å². The van der Waals surface area contributed by atoms with E-state index in [9.17, 15) is 8.78 Å². The van der Waals surface area contributed by atoms with Gasteiger partial charge >= 0.3 is 0 Å². The first-order valence-electron chi connectivity index (χ1n) is 8.95. The maximum absolute atomic E-state index is 13.9. The Morgan fingerprint density at radius 2 is 1.90 bits per heavy atom. The molecule has 3 heterocycles. The molecule has 2 N–H and O–H groups in total. The van der Waals surface area contributed by atoms with Crippen LogP contribution >= 0.6 is 0 Å². The minimum absolute atomic E-state index is 0.279. The molecule has 3 aromatic heterocycles. The van der Waals surface area contributed by atoms with E-state index in [1.807, 2.05) is 6.92 Å². The van der Waals surface area contributed by atoms with E-state index < -0.39 is 11.6 Å². The van der Waals surface area contributed by atoms with Gasteiger partial charge in [0.15, 0.2) is 11.5 Å². The van der Waals surface area contributed by atoms with E-state index >= 15 is 0 Å². The van der Waals surface area contributed by atoms with Gasteiger partial charge in [0.25, 0.3) is 0 Å². The summed E-state index contributed by atoms with van der Waals surface area (Å²) in [7, 11) is 0. The molecule has 1 atom stereocenters. The zero-order valence-corrected chi connectivity index (χ0v) is 15.3. The number of halogens is 2. The number of fused-ring (bicyclic) bond motifs is 2. The molecule has 29 heavy (non-hydrogen) atoms. The SMILES string of the molecule is C[C@H](Nc1ncnc2nc[nH]c12)c1nn(-c2cccc(F)c2)c2cc(F)ccc12. The van der Waals surface area contributed by atoms with Crippen molar-refractivity contribution in [2.45, 2.75) is 13.0 Å². The van der Waals surface area contributed by atoms with E-state index in [0.29, 0.717) is 33.9 Å². The normalized spacial score (nSPS) is 12.5. The molecule has 144 valence electrons. The summed E-state index contributed by atoms with van der Waals surface area (Å²) in [4.78, 5) is 15.5. The van der Waals surface area contributed by atoms with Crippen molar-refractivity contribution >= 4 is 27.9 Å². The first kappa shape index (κ1) is 17.2. The van der Waals surface area contributed by atoms with Crippen molar-refractivity contribution in [2.75, 3.05) is 5.32 Å². The fraction of sp³-hybridized carbons (Fsp3) is 0.100. The first-order valence-corrected chi connectivity index (χ1v) is 8.95. The Kier molecular flexibility index (Phi) is 3.94. The van der Waals surface area contributed by atoms with Crippen LogP contribution in [0.4, 0.5) is 14.6 Å². The summed E-state index contributed by atoms with van der Waals surface area (Å²) >= 11 is 0. The number of aromatic nitrogens is 6. The summed E-state index contributed by atoms with van der Waals surface area (Å²) in [6.45, 7) is 1.92. The molecule has 0 bridgehead atoms. The molecule has 9 heteroatoms. The van der Waals surface area contributed by atoms with Crippen LogP contribution in [0.2, 0.25) is 0 Å². The Bertz CT molecular complexity index is 1340. The predicted octanol–water partition coefficient (Wildman–Crippen LogP) is 4.14. The maximum Gasteiger partial charge on any atom is 0.182 e. The molecule has 5 rings (SSSR count). The molecule has 0 saturated heterocycles. The number of hydrogen-bond donors (Lipinski definition) is 2. The van der Waals surface area contributed by atoms with E-state index in [1.54, 1.807) is 29.2 Å². The number of anilines is 1. The van der Waals surface area contributed by atoms with E-state index in [1.165, 1.54) is 30.6 Å². The average Bonchev–Trinajstić information content (AvgIpc) is 3.33. The van der Waals surface area contributed by atoms with Crippen molar-refractivity contribution in [3.63, 3.8) is 0 Å². The molecule has 0 saturated carbocycles. The van der Waals surface area contributed by atoms with Crippen molar-refractivity contribution in [1.82, 2.24) is 29.7 Å². The molecule has 0 aliphatic rings. The average molecular weight is 391 g/mol. The summed E-state index contributed by atoms with van der Waals surface area (Å²) in [6, 6.07) is 10.2. The van der Waals surface area contributed by atoms with Gasteiger partial charge in [-0.2, -0.15) is 5.10 Å². The second kappa shape index (κ2) is 6.62. The van der Waals surface area contributed by atoms with Gasteiger partial charge in [0.05, 0.1) is 29.3 Å². The monoisotopic (exact) mass is 391 g/mol. The molecular formula is C20H15F2N7. The fourth-order valence-corrected chi connectivity index (χ4v) is 3.38. The molecule has 0 unspecified atom stereocenters. The van der Waals surface area contributed by atoms with Gasteiger partial charge in [-0.15, -0.1) is 0 Å². The standard InChI is InChI=1S/C20H15F2N7/c1-11(27-20-18-19(24-9-23-18)25-10-26-20)17-15-6-5-13(22)8-16(15)29(28-17)14-4-2-3-12(21)7-14/h2-11H,1H3,(H2,23,24,25,26,27)/t11-/m0/s1. The van der Waals surface area contributed by atoms with Gasteiger partial charge in [0, 0.05) is 11.5 Å². The summed E-state index contributed by atoms with van der Waals surface area (Å²) in [5, 5.41) is 8.72. The summed E-state index contributed by atoms with van der Waals surface area (Å²) in [5.74, 6) is -0.203. The number of H-pyrrole nitrogens is 1. The number of nitrogens with zero attached hydrogens (tertiary/aromatic N) is 5. The summed E-state index contributed by atoms with van der Waals surface area (Å²) < 4.78 is 29.2. The van der Waals surface area contributed by atoms with Gasteiger partial charge in [0.1, 0.15) is 23.5 Å². The predicted molar refractivity (Wildman–Crippen MR) is 105 cm³/mol. The van der Waals surface area contributed by atoms with Crippen LogP contribution in [0.15, 0.2) is 55.1 Å². The topological polar surface area (TPSA) is 84.3 Å². The molecule has 0 fully saturated rings. The van der Waals surface area contributed by atoms with E-state index in [2.05, 4.69) is 30.4 Å². The van der Waals surface area contributed by atoms with Crippen LogP contribution < -0.4 is 5.32 Å². The van der Waals surface area contributed by atoms with Gasteiger partial charge in [-0.3, -0.25) is 0 Å². The van der Waals surface area contributed by atoms with Crippen LogP contribution in [-0.2, 0) is 0 Å². The molecular weight excluding hydrogens is 376 g/mol. The van der Waals surface area contributed by atoms with Gasteiger partial charge in [0.2, 0.25) is 0 Å². The largest absolute Gasteiger partial charge is 0.360 e. The Labute approximate surface area is 163 Å². The van der Waals surface area contributed by atoms with Crippen molar-refractivity contribution in [3.05, 3.63) is 72.4 Å². The third-order valence-electron chi connectivity index (χ3n) is 4.71. The molecule has 0 amide bonds. The van der Waals surface area contributed by atoms with Gasteiger partial charge < -0.3 is 10.3 Å².